The predicted octanol–water partition coefficient (Wildman–Crippen LogP) is 2.68. The van der Waals surface area contributed by atoms with Gasteiger partial charge in [0.25, 0.3) is 0 Å². The zero-order valence-electron chi connectivity index (χ0n) is 8.88. The normalized spacial score (nSPS) is 10.4. The van der Waals surface area contributed by atoms with Crippen molar-refractivity contribution in [3.05, 3.63) is 11.1 Å². The van der Waals surface area contributed by atoms with E-state index in [9.17, 15) is 0 Å². The fourth-order valence-electron chi connectivity index (χ4n) is 1.01. The highest BCUT2D eigenvalue weighted by molar-refractivity contribution is 7.13. The minimum Gasteiger partial charge on any atom is -0.380 e. The van der Waals surface area contributed by atoms with Crippen molar-refractivity contribution in [3.63, 3.8) is 0 Å². The molecule has 0 fully saturated rings. The monoisotopic (exact) mass is 214 g/mol. The van der Waals surface area contributed by atoms with Crippen LogP contribution in [0, 0.1) is 6.92 Å². The van der Waals surface area contributed by atoms with Crippen LogP contribution in [0.25, 0.3) is 0 Å². The molecule has 14 heavy (non-hydrogen) atoms. The maximum Gasteiger partial charge on any atom is 0.182 e. The van der Waals surface area contributed by atoms with E-state index in [2.05, 4.69) is 17.2 Å². The number of ether oxygens (including phenoxy) is 1. The molecular weight excluding hydrogens is 196 g/mol. The lowest BCUT2D eigenvalue weighted by Crippen LogP contribution is -2.09. The van der Waals surface area contributed by atoms with Crippen molar-refractivity contribution in [2.24, 2.45) is 0 Å². The quantitative estimate of drug-likeness (QED) is 0.709. The highest BCUT2D eigenvalue weighted by Gasteiger charge is 1.95. The summed E-state index contributed by atoms with van der Waals surface area (Å²) in [7, 11) is 0. The minimum absolute atomic E-state index is 0.763. The number of thiazole rings is 1. The van der Waals surface area contributed by atoms with Crippen molar-refractivity contribution >= 4 is 16.5 Å². The SMILES string of the molecule is CCCCOCCNc1nc(C)cs1. The van der Waals surface area contributed by atoms with Crippen molar-refractivity contribution in [3.8, 4) is 0 Å². The summed E-state index contributed by atoms with van der Waals surface area (Å²) in [5.74, 6) is 0. The van der Waals surface area contributed by atoms with Crippen LogP contribution >= 0.6 is 11.3 Å². The van der Waals surface area contributed by atoms with Crippen molar-refractivity contribution in [2.75, 3.05) is 25.1 Å². The number of nitrogens with zero attached hydrogens (tertiary/aromatic N) is 1. The molecule has 1 aromatic heterocycles. The van der Waals surface area contributed by atoms with Gasteiger partial charge in [0.2, 0.25) is 0 Å². The summed E-state index contributed by atoms with van der Waals surface area (Å²) in [6.07, 6.45) is 2.34. The van der Waals surface area contributed by atoms with E-state index in [0.717, 1.165) is 37.0 Å². The number of hydrogen-bond donors (Lipinski definition) is 1. The molecule has 0 radical (unpaired) electrons. The van der Waals surface area contributed by atoms with Crippen LogP contribution in [-0.2, 0) is 4.74 Å². The van der Waals surface area contributed by atoms with E-state index in [1.54, 1.807) is 11.3 Å². The molecule has 0 saturated carbocycles. The Labute approximate surface area is 89.5 Å². The average molecular weight is 214 g/mol. The van der Waals surface area contributed by atoms with Gasteiger partial charge in [-0.05, 0) is 13.3 Å². The summed E-state index contributed by atoms with van der Waals surface area (Å²) < 4.78 is 5.42. The molecule has 0 amide bonds. The first-order valence-electron chi connectivity index (χ1n) is 5.06. The molecule has 80 valence electrons. The Bertz CT molecular complexity index is 250. The second-order valence-corrected chi connectivity index (χ2v) is 4.04. The number of nitrogens with one attached hydrogen (secondary N) is 1. The minimum atomic E-state index is 0.763. The van der Waals surface area contributed by atoms with Crippen molar-refractivity contribution in [1.82, 2.24) is 4.98 Å². The van der Waals surface area contributed by atoms with Crippen LogP contribution in [-0.4, -0.2) is 24.7 Å². The molecule has 1 aromatic rings. The van der Waals surface area contributed by atoms with Gasteiger partial charge in [0.05, 0.1) is 12.3 Å². The average Bonchev–Trinajstić information content (AvgIpc) is 2.58. The first-order chi connectivity index (χ1) is 6.83. The van der Waals surface area contributed by atoms with Crippen LogP contribution in [0.5, 0.6) is 0 Å². The lowest BCUT2D eigenvalue weighted by atomic mass is 10.4. The Balaban J connectivity index is 1.99. The molecule has 0 atom stereocenters. The van der Waals surface area contributed by atoms with Gasteiger partial charge in [-0.25, -0.2) is 4.98 Å². The van der Waals surface area contributed by atoms with Gasteiger partial charge in [0.1, 0.15) is 0 Å². The summed E-state index contributed by atoms with van der Waals surface area (Å²) in [4.78, 5) is 4.30. The second kappa shape index (κ2) is 6.79. The van der Waals surface area contributed by atoms with Crippen LogP contribution in [0.3, 0.4) is 0 Å². The van der Waals surface area contributed by atoms with Crippen LogP contribution < -0.4 is 5.32 Å². The molecular formula is C10H18N2OS. The maximum absolute atomic E-state index is 5.42. The third kappa shape index (κ3) is 4.58. The Morgan fingerprint density at radius 2 is 2.36 bits per heavy atom. The van der Waals surface area contributed by atoms with E-state index in [4.69, 9.17) is 4.74 Å². The number of unbranched alkanes of at least 4 members (excludes halogenated alkanes) is 1. The molecule has 1 rings (SSSR count). The Morgan fingerprint density at radius 1 is 1.50 bits per heavy atom. The molecule has 1 heterocycles. The molecule has 0 aliphatic heterocycles. The number of rotatable bonds is 7. The number of hydrogen-bond acceptors (Lipinski definition) is 4. The van der Waals surface area contributed by atoms with Gasteiger partial charge in [-0.1, -0.05) is 13.3 Å². The molecule has 0 unspecified atom stereocenters. The van der Waals surface area contributed by atoms with Crippen molar-refractivity contribution in [2.45, 2.75) is 26.7 Å². The summed E-state index contributed by atoms with van der Waals surface area (Å²) in [6.45, 7) is 6.64. The third-order valence-corrected chi connectivity index (χ3v) is 2.70. The number of anilines is 1. The van der Waals surface area contributed by atoms with Crippen LogP contribution in [0.4, 0.5) is 5.13 Å². The molecule has 3 nitrogen and oxygen atoms in total. The molecule has 0 bridgehead atoms. The van der Waals surface area contributed by atoms with E-state index >= 15 is 0 Å². The Hall–Kier alpha value is -0.610. The van der Waals surface area contributed by atoms with Gasteiger partial charge in [0.15, 0.2) is 5.13 Å². The standard InChI is InChI=1S/C10H18N2OS/c1-3-4-6-13-7-5-11-10-12-9(2)8-14-10/h8H,3-7H2,1-2H3,(H,11,12). The molecule has 0 aliphatic carbocycles. The molecule has 0 saturated heterocycles. The Morgan fingerprint density at radius 3 is 3.00 bits per heavy atom. The van der Waals surface area contributed by atoms with Gasteiger partial charge in [-0.15, -0.1) is 11.3 Å². The summed E-state index contributed by atoms with van der Waals surface area (Å²) in [5, 5.41) is 6.25. The van der Waals surface area contributed by atoms with Crippen LogP contribution in [0.1, 0.15) is 25.5 Å². The summed E-state index contributed by atoms with van der Waals surface area (Å²) in [5.41, 5.74) is 1.07. The predicted molar refractivity (Wildman–Crippen MR) is 61.1 cm³/mol. The van der Waals surface area contributed by atoms with Crippen molar-refractivity contribution in [1.29, 1.82) is 0 Å². The summed E-state index contributed by atoms with van der Waals surface area (Å²) in [6, 6.07) is 0. The number of aromatic nitrogens is 1. The fourth-order valence-corrected chi connectivity index (χ4v) is 1.73. The van der Waals surface area contributed by atoms with Crippen LogP contribution in [0.15, 0.2) is 5.38 Å². The topological polar surface area (TPSA) is 34.1 Å². The first-order valence-corrected chi connectivity index (χ1v) is 5.94. The highest BCUT2D eigenvalue weighted by Crippen LogP contribution is 2.13. The second-order valence-electron chi connectivity index (χ2n) is 3.19. The molecule has 4 heteroatoms. The zero-order chi connectivity index (χ0) is 10.2. The molecule has 0 aromatic carbocycles. The largest absolute Gasteiger partial charge is 0.380 e. The van der Waals surface area contributed by atoms with Gasteiger partial charge < -0.3 is 10.1 Å². The lowest BCUT2D eigenvalue weighted by molar-refractivity contribution is 0.141. The van der Waals surface area contributed by atoms with Gasteiger partial charge >= 0.3 is 0 Å². The van der Waals surface area contributed by atoms with Crippen LogP contribution in [0.2, 0.25) is 0 Å². The zero-order valence-corrected chi connectivity index (χ0v) is 9.69. The van der Waals surface area contributed by atoms with E-state index in [1.165, 1.54) is 6.42 Å². The van der Waals surface area contributed by atoms with E-state index in [0.29, 0.717) is 0 Å². The summed E-state index contributed by atoms with van der Waals surface area (Å²) >= 11 is 1.64. The van der Waals surface area contributed by atoms with Gasteiger partial charge in [0, 0.05) is 18.5 Å². The fraction of sp³-hybridized carbons (Fsp3) is 0.700. The highest BCUT2D eigenvalue weighted by atomic mass is 32.1. The maximum atomic E-state index is 5.42. The molecule has 1 N–H and O–H groups in total. The molecule has 0 spiro atoms. The van der Waals surface area contributed by atoms with E-state index in [-0.39, 0.29) is 0 Å². The van der Waals surface area contributed by atoms with Crippen molar-refractivity contribution < 1.29 is 4.74 Å². The Kier molecular flexibility index (Phi) is 5.56. The third-order valence-electron chi connectivity index (χ3n) is 1.78. The number of aryl methyl sites for hydroxylation is 1. The smallest absolute Gasteiger partial charge is 0.182 e. The lowest BCUT2D eigenvalue weighted by Gasteiger charge is -2.03. The van der Waals surface area contributed by atoms with E-state index in [1.807, 2.05) is 12.3 Å². The molecule has 0 aliphatic rings. The van der Waals surface area contributed by atoms with Gasteiger partial charge in [-0.2, -0.15) is 0 Å². The van der Waals surface area contributed by atoms with E-state index < -0.39 is 0 Å². The van der Waals surface area contributed by atoms with Gasteiger partial charge in [-0.3, -0.25) is 0 Å². The first kappa shape index (κ1) is 11.5.